The molecule has 18 heavy (non-hydrogen) atoms. The monoisotopic (exact) mass is 269 g/mol. The first-order chi connectivity index (χ1) is 8.61. The molecule has 1 aliphatic heterocycles. The standard InChI is InChI=1S/C13H16ClNO3/c14-10-1-2-11(12(17)7-10)13(18)15-5-3-9(8-15)4-6-16/h1-2,7,9,16-17H,3-6,8H2. The van der Waals surface area contributed by atoms with Crippen molar-refractivity contribution >= 4 is 17.5 Å². The van der Waals surface area contributed by atoms with E-state index in [1.807, 2.05) is 0 Å². The fourth-order valence-electron chi connectivity index (χ4n) is 2.29. The topological polar surface area (TPSA) is 60.8 Å². The number of likely N-dealkylation sites (tertiary alicyclic amines) is 1. The van der Waals surface area contributed by atoms with Gasteiger partial charge in [0.25, 0.3) is 5.91 Å². The van der Waals surface area contributed by atoms with Crippen LogP contribution in [0.2, 0.25) is 5.02 Å². The number of carbonyl (C=O) groups is 1. The molecule has 1 aromatic rings. The number of nitrogens with zero attached hydrogens (tertiary/aromatic N) is 1. The van der Waals surface area contributed by atoms with Crippen molar-refractivity contribution < 1.29 is 15.0 Å². The molecule has 0 spiro atoms. The Labute approximate surface area is 111 Å². The summed E-state index contributed by atoms with van der Waals surface area (Å²) in [5.41, 5.74) is 0.282. The van der Waals surface area contributed by atoms with Gasteiger partial charge in [0.15, 0.2) is 0 Å². The maximum Gasteiger partial charge on any atom is 0.257 e. The first-order valence-corrected chi connectivity index (χ1v) is 6.38. The summed E-state index contributed by atoms with van der Waals surface area (Å²) in [7, 11) is 0. The quantitative estimate of drug-likeness (QED) is 0.881. The van der Waals surface area contributed by atoms with Gasteiger partial charge in [0.1, 0.15) is 5.75 Å². The number of aliphatic hydroxyl groups is 1. The minimum Gasteiger partial charge on any atom is -0.507 e. The van der Waals surface area contributed by atoms with Gasteiger partial charge in [-0.3, -0.25) is 4.79 Å². The smallest absolute Gasteiger partial charge is 0.257 e. The van der Waals surface area contributed by atoms with Crippen molar-refractivity contribution in [3.63, 3.8) is 0 Å². The van der Waals surface area contributed by atoms with Crippen LogP contribution in [-0.2, 0) is 0 Å². The average Bonchev–Trinajstić information content (AvgIpc) is 2.77. The van der Waals surface area contributed by atoms with E-state index in [1.165, 1.54) is 6.07 Å². The van der Waals surface area contributed by atoms with Crippen molar-refractivity contribution in [1.29, 1.82) is 0 Å². The summed E-state index contributed by atoms with van der Waals surface area (Å²) in [6.07, 6.45) is 1.62. The summed E-state index contributed by atoms with van der Waals surface area (Å²) in [6, 6.07) is 4.51. The lowest BCUT2D eigenvalue weighted by Crippen LogP contribution is -2.28. The first kappa shape index (κ1) is 13.2. The molecule has 0 aliphatic carbocycles. The van der Waals surface area contributed by atoms with Gasteiger partial charge in [-0.25, -0.2) is 0 Å². The van der Waals surface area contributed by atoms with Gasteiger partial charge >= 0.3 is 0 Å². The van der Waals surface area contributed by atoms with Crippen molar-refractivity contribution in [2.24, 2.45) is 5.92 Å². The molecule has 98 valence electrons. The molecule has 0 radical (unpaired) electrons. The molecule has 4 nitrogen and oxygen atoms in total. The molecule has 0 saturated carbocycles. The molecule has 2 N–H and O–H groups in total. The van der Waals surface area contributed by atoms with Crippen LogP contribution in [0.3, 0.4) is 0 Å². The number of aliphatic hydroxyl groups excluding tert-OH is 1. The average molecular weight is 270 g/mol. The third-order valence-corrected chi connectivity index (χ3v) is 3.54. The third kappa shape index (κ3) is 2.76. The van der Waals surface area contributed by atoms with Crippen LogP contribution in [0.15, 0.2) is 18.2 Å². The number of phenolic OH excluding ortho intramolecular Hbond substituents is 1. The Morgan fingerprint density at radius 2 is 2.28 bits per heavy atom. The highest BCUT2D eigenvalue weighted by molar-refractivity contribution is 6.30. The minimum absolute atomic E-state index is 0.0851. The van der Waals surface area contributed by atoms with Crippen molar-refractivity contribution in [3.05, 3.63) is 28.8 Å². The second-order valence-electron chi connectivity index (χ2n) is 4.58. The largest absolute Gasteiger partial charge is 0.507 e. The summed E-state index contributed by atoms with van der Waals surface area (Å²) in [6.45, 7) is 1.46. The zero-order valence-corrected chi connectivity index (χ0v) is 10.7. The van der Waals surface area contributed by atoms with E-state index in [-0.39, 0.29) is 23.8 Å². The van der Waals surface area contributed by atoms with E-state index < -0.39 is 0 Å². The molecule has 1 saturated heterocycles. The van der Waals surface area contributed by atoms with Gasteiger partial charge in [-0.15, -0.1) is 0 Å². The Balaban J connectivity index is 2.08. The van der Waals surface area contributed by atoms with Crippen LogP contribution in [0.5, 0.6) is 5.75 Å². The maximum absolute atomic E-state index is 12.2. The van der Waals surface area contributed by atoms with Crippen LogP contribution in [0, 0.1) is 5.92 Å². The number of rotatable bonds is 3. The molecule has 1 amide bonds. The van der Waals surface area contributed by atoms with Gasteiger partial charge in [0.05, 0.1) is 5.56 Å². The van der Waals surface area contributed by atoms with E-state index >= 15 is 0 Å². The zero-order valence-electron chi connectivity index (χ0n) is 9.97. The fourth-order valence-corrected chi connectivity index (χ4v) is 2.46. The summed E-state index contributed by atoms with van der Waals surface area (Å²) < 4.78 is 0. The Morgan fingerprint density at radius 1 is 1.50 bits per heavy atom. The lowest BCUT2D eigenvalue weighted by molar-refractivity contribution is 0.0782. The van der Waals surface area contributed by atoms with Crippen LogP contribution >= 0.6 is 11.6 Å². The third-order valence-electron chi connectivity index (χ3n) is 3.30. The van der Waals surface area contributed by atoms with E-state index in [4.69, 9.17) is 16.7 Å². The molecular formula is C13H16ClNO3. The number of carbonyl (C=O) groups excluding carboxylic acids is 1. The van der Waals surface area contributed by atoms with Crippen molar-refractivity contribution in [3.8, 4) is 5.75 Å². The predicted molar refractivity (Wildman–Crippen MR) is 68.8 cm³/mol. The molecule has 0 bridgehead atoms. The Morgan fingerprint density at radius 3 is 2.94 bits per heavy atom. The highest BCUT2D eigenvalue weighted by Gasteiger charge is 2.27. The van der Waals surface area contributed by atoms with E-state index in [0.29, 0.717) is 24.0 Å². The summed E-state index contributed by atoms with van der Waals surface area (Å²) in [4.78, 5) is 13.9. The Kier molecular flexibility index (Phi) is 4.09. The van der Waals surface area contributed by atoms with Gasteiger partial charge in [-0.1, -0.05) is 11.6 Å². The van der Waals surface area contributed by atoms with Crippen LogP contribution in [0.4, 0.5) is 0 Å². The second kappa shape index (κ2) is 5.59. The van der Waals surface area contributed by atoms with E-state index in [2.05, 4.69) is 0 Å². The molecule has 1 unspecified atom stereocenters. The summed E-state index contributed by atoms with van der Waals surface area (Å²) in [5.74, 6) is 0.0936. The van der Waals surface area contributed by atoms with Crippen molar-refractivity contribution in [2.75, 3.05) is 19.7 Å². The Bertz CT molecular complexity index is 450. The van der Waals surface area contributed by atoms with Crippen molar-refractivity contribution in [2.45, 2.75) is 12.8 Å². The fraction of sp³-hybridized carbons (Fsp3) is 0.462. The number of benzene rings is 1. The number of aromatic hydroxyl groups is 1. The van der Waals surface area contributed by atoms with E-state index in [0.717, 1.165) is 12.8 Å². The molecular weight excluding hydrogens is 254 g/mol. The van der Waals surface area contributed by atoms with Gasteiger partial charge in [-0.2, -0.15) is 0 Å². The molecule has 5 heteroatoms. The van der Waals surface area contributed by atoms with Crippen LogP contribution < -0.4 is 0 Å². The van der Waals surface area contributed by atoms with E-state index in [1.54, 1.807) is 17.0 Å². The van der Waals surface area contributed by atoms with Gasteiger partial charge < -0.3 is 15.1 Å². The summed E-state index contributed by atoms with van der Waals surface area (Å²) >= 11 is 5.73. The first-order valence-electron chi connectivity index (χ1n) is 6.00. The molecule has 1 aliphatic rings. The highest BCUT2D eigenvalue weighted by Crippen LogP contribution is 2.26. The predicted octanol–water partition coefficient (Wildman–Crippen LogP) is 1.89. The Hall–Kier alpha value is -1.26. The molecule has 1 atom stereocenters. The van der Waals surface area contributed by atoms with Crippen LogP contribution in [0.1, 0.15) is 23.2 Å². The maximum atomic E-state index is 12.2. The second-order valence-corrected chi connectivity index (χ2v) is 5.02. The lowest BCUT2D eigenvalue weighted by Gasteiger charge is -2.17. The van der Waals surface area contributed by atoms with Gasteiger partial charge in [0, 0.05) is 24.7 Å². The SMILES string of the molecule is O=C(c1ccc(Cl)cc1O)N1CCC(CCO)C1. The number of amides is 1. The minimum atomic E-state index is -0.176. The molecule has 1 aromatic carbocycles. The number of hydrogen-bond donors (Lipinski definition) is 2. The van der Waals surface area contributed by atoms with E-state index in [9.17, 15) is 9.90 Å². The number of phenols is 1. The normalized spacial score (nSPS) is 19.2. The molecule has 0 aromatic heterocycles. The molecule has 1 fully saturated rings. The molecule has 1 heterocycles. The number of halogens is 1. The summed E-state index contributed by atoms with van der Waals surface area (Å²) in [5, 5.41) is 19.0. The van der Waals surface area contributed by atoms with Crippen molar-refractivity contribution in [1.82, 2.24) is 4.90 Å². The number of hydrogen-bond acceptors (Lipinski definition) is 3. The van der Waals surface area contributed by atoms with Crippen LogP contribution in [-0.4, -0.2) is 40.7 Å². The molecule has 2 rings (SSSR count). The van der Waals surface area contributed by atoms with Gasteiger partial charge in [0.2, 0.25) is 0 Å². The van der Waals surface area contributed by atoms with Gasteiger partial charge in [-0.05, 0) is 37.0 Å². The van der Waals surface area contributed by atoms with Crippen LogP contribution in [0.25, 0.3) is 0 Å². The lowest BCUT2D eigenvalue weighted by atomic mass is 10.1. The highest BCUT2D eigenvalue weighted by atomic mass is 35.5. The zero-order chi connectivity index (χ0) is 13.1.